The number of fused-ring (bicyclic) bond motifs is 4. The Kier molecular flexibility index (Phi) is 5.01. The first-order valence-corrected chi connectivity index (χ1v) is 11.9. The van der Waals surface area contributed by atoms with Crippen molar-refractivity contribution in [3.05, 3.63) is 101 Å². The number of hydrogen-bond acceptors (Lipinski definition) is 3. The van der Waals surface area contributed by atoms with Gasteiger partial charge in [0, 0.05) is 42.4 Å². The molecule has 2 aliphatic rings. The molecular weight excluding hydrogens is 427 g/mol. The van der Waals surface area contributed by atoms with Crippen molar-refractivity contribution in [3.63, 3.8) is 0 Å². The van der Waals surface area contributed by atoms with Crippen LogP contribution in [0.2, 0.25) is 0 Å². The number of nitrogens with zero attached hydrogens (tertiary/aromatic N) is 1. The number of aliphatic hydroxyl groups is 1. The predicted molar refractivity (Wildman–Crippen MR) is 132 cm³/mol. The van der Waals surface area contributed by atoms with Crippen LogP contribution >= 0.6 is 0 Å². The second-order valence-electron chi connectivity index (χ2n) is 9.89. The van der Waals surface area contributed by atoms with Crippen LogP contribution in [0.25, 0.3) is 10.9 Å². The molecule has 0 amide bonds. The van der Waals surface area contributed by atoms with Gasteiger partial charge in [-0.2, -0.15) is 0 Å². The zero-order valence-corrected chi connectivity index (χ0v) is 19.4. The Morgan fingerprint density at radius 1 is 1.03 bits per heavy atom. The van der Waals surface area contributed by atoms with E-state index in [4.69, 9.17) is 4.74 Å². The zero-order chi connectivity index (χ0) is 23.3. The van der Waals surface area contributed by atoms with E-state index in [-0.39, 0.29) is 5.82 Å². The van der Waals surface area contributed by atoms with Crippen LogP contribution in [0.3, 0.4) is 0 Å². The van der Waals surface area contributed by atoms with Gasteiger partial charge in [-0.25, -0.2) is 4.39 Å². The van der Waals surface area contributed by atoms with E-state index in [2.05, 4.69) is 46.3 Å². The summed E-state index contributed by atoms with van der Waals surface area (Å²) in [5.74, 6) is 0.539. The standard InChI is InChI=1S/C29H29FN2O2/c1-34-22-10-5-9-21(15-22)28-13-14-32(18-20-7-3-2-4-8-20)19-29(28,33)16-24-23-11-6-12-25(30)27(23)31-26(24)17-28/h2-12,15,31,33H,13-14,16-19H2,1H3/t28-,29-/m0/s1. The van der Waals surface area contributed by atoms with Crippen molar-refractivity contribution in [2.75, 3.05) is 20.2 Å². The molecule has 2 N–H and O–H groups in total. The van der Waals surface area contributed by atoms with E-state index in [1.807, 2.05) is 24.3 Å². The Morgan fingerprint density at radius 2 is 1.85 bits per heavy atom. The first-order chi connectivity index (χ1) is 16.5. The normalized spacial score (nSPS) is 24.6. The smallest absolute Gasteiger partial charge is 0.147 e. The number of methoxy groups -OCH3 is 1. The molecule has 5 heteroatoms. The van der Waals surface area contributed by atoms with Crippen molar-refractivity contribution in [1.29, 1.82) is 0 Å². The van der Waals surface area contributed by atoms with E-state index in [0.717, 1.165) is 47.5 Å². The number of halogens is 1. The highest BCUT2D eigenvalue weighted by atomic mass is 19.1. The highest BCUT2D eigenvalue weighted by molar-refractivity contribution is 5.86. The molecule has 1 fully saturated rings. The summed E-state index contributed by atoms with van der Waals surface area (Å²) in [6.07, 6.45) is 1.92. The van der Waals surface area contributed by atoms with Crippen LogP contribution in [-0.2, 0) is 24.8 Å². The Hall–Kier alpha value is -3.15. The van der Waals surface area contributed by atoms with Crippen molar-refractivity contribution in [3.8, 4) is 5.75 Å². The van der Waals surface area contributed by atoms with Gasteiger partial charge in [-0.1, -0.05) is 54.6 Å². The van der Waals surface area contributed by atoms with Gasteiger partial charge in [-0.15, -0.1) is 0 Å². The van der Waals surface area contributed by atoms with Crippen LogP contribution < -0.4 is 4.74 Å². The maximum atomic E-state index is 14.6. The number of likely N-dealkylation sites (tertiary alicyclic amines) is 1. The van der Waals surface area contributed by atoms with Crippen LogP contribution in [0.1, 0.15) is 28.8 Å². The molecule has 0 saturated carbocycles. The van der Waals surface area contributed by atoms with E-state index in [9.17, 15) is 9.50 Å². The minimum absolute atomic E-state index is 0.247. The molecule has 4 aromatic rings. The molecule has 3 aromatic carbocycles. The van der Waals surface area contributed by atoms with Gasteiger partial charge in [0.15, 0.2) is 0 Å². The van der Waals surface area contributed by atoms with E-state index in [0.29, 0.717) is 24.9 Å². The minimum Gasteiger partial charge on any atom is -0.497 e. The fourth-order valence-corrected chi connectivity index (χ4v) is 6.31. The van der Waals surface area contributed by atoms with Crippen molar-refractivity contribution < 1.29 is 14.2 Å². The lowest BCUT2D eigenvalue weighted by atomic mass is 9.56. The third-order valence-corrected chi connectivity index (χ3v) is 8.03. The molecule has 0 unspecified atom stereocenters. The van der Waals surface area contributed by atoms with Crippen LogP contribution in [0, 0.1) is 5.82 Å². The maximum Gasteiger partial charge on any atom is 0.147 e. The number of H-pyrrole nitrogens is 1. The van der Waals surface area contributed by atoms with Gasteiger partial charge in [-0.3, -0.25) is 4.90 Å². The number of rotatable bonds is 4. The summed E-state index contributed by atoms with van der Waals surface area (Å²) in [5, 5.41) is 13.4. The SMILES string of the molecule is COc1cccc([C@@]23CCN(Cc4ccccc4)C[C@@]2(O)Cc2c([nH]c4c(F)cccc24)C3)c1. The molecule has 0 radical (unpaired) electrons. The number of β-amino-alcohol motifs (C(OH)–C–C–N with tert-alkyl or cyclic N) is 1. The summed E-state index contributed by atoms with van der Waals surface area (Å²) in [6, 6.07) is 23.7. The molecule has 2 heterocycles. The average Bonchev–Trinajstić information content (AvgIpc) is 3.20. The maximum absolute atomic E-state index is 14.6. The number of piperidine rings is 1. The number of benzene rings is 3. The lowest BCUT2D eigenvalue weighted by Gasteiger charge is -2.56. The summed E-state index contributed by atoms with van der Waals surface area (Å²) >= 11 is 0. The van der Waals surface area contributed by atoms with Gasteiger partial charge in [-0.05, 0) is 47.9 Å². The number of nitrogens with one attached hydrogen (secondary N) is 1. The number of aromatic nitrogens is 1. The Balaban J connectivity index is 1.47. The summed E-state index contributed by atoms with van der Waals surface area (Å²) in [6.45, 7) is 2.23. The van der Waals surface area contributed by atoms with Gasteiger partial charge < -0.3 is 14.8 Å². The molecule has 0 bridgehead atoms. The van der Waals surface area contributed by atoms with Gasteiger partial charge in [0.2, 0.25) is 0 Å². The Bertz CT molecular complexity index is 1350. The fraction of sp³-hybridized carbons (Fsp3) is 0.310. The molecule has 174 valence electrons. The molecular formula is C29H29FN2O2. The summed E-state index contributed by atoms with van der Waals surface area (Å²) < 4.78 is 20.2. The van der Waals surface area contributed by atoms with Gasteiger partial charge in [0.05, 0.1) is 18.2 Å². The lowest BCUT2D eigenvalue weighted by molar-refractivity contribution is -0.105. The molecule has 4 nitrogen and oxygen atoms in total. The number of hydrogen-bond donors (Lipinski definition) is 2. The average molecular weight is 457 g/mol. The number of aromatic amines is 1. The molecule has 1 aliphatic heterocycles. The highest BCUT2D eigenvalue weighted by Gasteiger charge is 2.57. The van der Waals surface area contributed by atoms with Crippen LogP contribution in [0.15, 0.2) is 72.8 Å². The van der Waals surface area contributed by atoms with Crippen molar-refractivity contribution in [2.45, 2.75) is 36.8 Å². The Labute approximate surface area is 199 Å². The number of ether oxygens (including phenoxy) is 1. The quantitative estimate of drug-likeness (QED) is 0.455. The number of para-hydroxylation sites is 1. The second kappa shape index (κ2) is 7.97. The predicted octanol–water partition coefficient (Wildman–Crippen LogP) is 4.99. The monoisotopic (exact) mass is 456 g/mol. The molecule has 1 aliphatic carbocycles. The van der Waals surface area contributed by atoms with Crippen molar-refractivity contribution >= 4 is 10.9 Å². The van der Waals surface area contributed by atoms with Crippen molar-refractivity contribution in [2.24, 2.45) is 0 Å². The van der Waals surface area contributed by atoms with E-state index < -0.39 is 11.0 Å². The largest absolute Gasteiger partial charge is 0.497 e. The first kappa shape index (κ1) is 21.4. The van der Waals surface area contributed by atoms with Crippen LogP contribution in [0.4, 0.5) is 4.39 Å². The lowest BCUT2D eigenvalue weighted by Crippen LogP contribution is -2.66. The summed E-state index contributed by atoms with van der Waals surface area (Å²) in [5.41, 5.74) is 3.45. The summed E-state index contributed by atoms with van der Waals surface area (Å²) in [4.78, 5) is 5.73. The molecule has 34 heavy (non-hydrogen) atoms. The van der Waals surface area contributed by atoms with Crippen LogP contribution in [-0.4, -0.2) is 40.8 Å². The van der Waals surface area contributed by atoms with E-state index >= 15 is 0 Å². The minimum atomic E-state index is -0.999. The van der Waals surface area contributed by atoms with Gasteiger partial charge >= 0.3 is 0 Å². The molecule has 1 saturated heterocycles. The molecule has 6 rings (SSSR count). The second-order valence-corrected chi connectivity index (χ2v) is 9.89. The third-order valence-electron chi connectivity index (χ3n) is 8.03. The van der Waals surface area contributed by atoms with Gasteiger partial charge in [0.1, 0.15) is 11.6 Å². The molecule has 1 aromatic heterocycles. The highest BCUT2D eigenvalue weighted by Crippen LogP contribution is 2.52. The Morgan fingerprint density at radius 3 is 2.68 bits per heavy atom. The fourth-order valence-electron chi connectivity index (χ4n) is 6.31. The van der Waals surface area contributed by atoms with Crippen LogP contribution in [0.5, 0.6) is 5.75 Å². The van der Waals surface area contributed by atoms with E-state index in [1.54, 1.807) is 13.2 Å². The third kappa shape index (κ3) is 3.26. The topological polar surface area (TPSA) is 48.5 Å². The summed E-state index contributed by atoms with van der Waals surface area (Å²) in [7, 11) is 1.67. The van der Waals surface area contributed by atoms with E-state index in [1.165, 1.54) is 11.6 Å². The molecule has 2 atom stereocenters. The van der Waals surface area contributed by atoms with Crippen molar-refractivity contribution in [1.82, 2.24) is 9.88 Å². The zero-order valence-electron chi connectivity index (χ0n) is 19.4. The molecule has 0 spiro atoms. The van der Waals surface area contributed by atoms with Gasteiger partial charge in [0.25, 0.3) is 0 Å². The first-order valence-electron chi connectivity index (χ1n) is 11.9.